The Morgan fingerprint density at radius 3 is 2.61 bits per heavy atom. The standard InChI is InChI=1S/C22H28N2O5S2/c1-18-3-2-4-19(15-18)16-30-17-22(25)23-9-12-29-20-5-7-21(8-6-20)31(26,27)24-10-13-28-14-11-24/h2-8,15H,9-14,16-17H2,1H3,(H,23,25). The van der Waals surface area contributed by atoms with E-state index in [2.05, 4.69) is 30.4 Å². The molecule has 0 aromatic heterocycles. The predicted molar refractivity (Wildman–Crippen MR) is 122 cm³/mol. The molecule has 0 spiro atoms. The Morgan fingerprint density at radius 1 is 1.16 bits per heavy atom. The lowest BCUT2D eigenvalue weighted by atomic mass is 10.2. The van der Waals surface area contributed by atoms with Crippen LogP contribution < -0.4 is 10.1 Å². The molecule has 1 heterocycles. The molecule has 0 radical (unpaired) electrons. The van der Waals surface area contributed by atoms with Crippen LogP contribution in [-0.2, 0) is 25.3 Å². The topological polar surface area (TPSA) is 84.9 Å². The Hall–Kier alpha value is -2.07. The first-order chi connectivity index (χ1) is 14.9. The van der Waals surface area contributed by atoms with E-state index in [1.807, 2.05) is 6.07 Å². The summed E-state index contributed by atoms with van der Waals surface area (Å²) in [6.45, 7) is 4.30. The quantitative estimate of drug-likeness (QED) is 0.544. The number of amides is 1. The number of aryl methyl sites for hydroxylation is 1. The lowest BCUT2D eigenvalue weighted by Crippen LogP contribution is -2.40. The zero-order valence-corrected chi connectivity index (χ0v) is 19.2. The molecule has 0 bridgehead atoms. The molecule has 2 aromatic rings. The highest BCUT2D eigenvalue weighted by Gasteiger charge is 2.26. The molecule has 1 aliphatic heterocycles. The molecule has 0 saturated carbocycles. The number of nitrogens with one attached hydrogen (secondary N) is 1. The average molecular weight is 465 g/mol. The van der Waals surface area contributed by atoms with Gasteiger partial charge < -0.3 is 14.8 Å². The molecule has 1 amide bonds. The highest BCUT2D eigenvalue weighted by atomic mass is 32.2. The van der Waals surface area contributed by atoms with Gasteiger partial charge in [-0.1, -0.05) is 29.8 Å². The fraction of sp³-hybridized carbons (Fsp3) is 0.409. The number of carbonyl (C=O) groups excluding carboxylic acids is 1. The fourth-order valence-electron chi connectivity index (χ4n) is 3.12. The van der Waals surface area contributed by atoms with E-state index in [1.54, 1.807) is 36.0 Å². The maximum atomic E-state index is 12.6. The zero-order valence-electron chi connectivity index (χ0n) is 17.6. The molecule has 2 aromatic carbocycles. The summed E-state index contributed by atoms with van der Waals surface area (Å²) in [4.78, 5) is 12.2. The summed E-state index contributed by atoms with van der Waals surface area (Å²) in [6, 6.07) is 14.6. The number of benzene rings is 2. The molecule has 7 nitrogen and oxygen atoms in total. The van der Waals surface area contributed by atoms with E-state index >= 15 is 0 Å². The molecule has 31 heavy (non-hydrogen) atoms. The zero-order chi connectivity index (χ0) is 22.1. The van der Waals surface area contributed by atoms with Gasteiger partial charge in [-0.2, -0.15) is 4.31 Å². The second-order valence-electron chi connectivity index (χ2n) is 7.17. The van der Waals surface area contributed by atoms with E-state index in [0.717, 1.165) is 5.75 Å². The number of morpholine rings is 1. The SMILES string of the molecule is Cc1cccc(CSCC(=O)NCCOc2ccc(S(=O)(=O)N3CCOCC3)cc2)c1. The summed E-state index contributed by atoms with van der Waals surface area (Å²) in [5, 5.41) is 2.83. The van der Waals surface area contributed by atoms with Crippen LogP contribution in [0.2, 0.25) is 0 Å². The van der Waals surface area contributed by atoms with Gasteiger partial charge in [-0.25, -0.2) is 8.42 Å². The number of carbonyl (C=O) groups is 1. The second-order valence-corrected chi connectivity index (χ2v) is 10.1. The van der Waals surface area contributed by atoms with Gasteiger partial charge in [0.25, 0.3) is 0 Å². The van der Waals surface area contributed by atoms with Crippen molar-refractivity contribution in [1.29, 1.82) is 0 Å². The third kappa shape index (κ3) is 7.24. The first-order valence-corrected chi connectivity index (χ1v) is 12.8. The monoisotopic (exact) mass is 464 g/mol. The Balaban J connectivity index is 1.35. The van der Waals surface area contributed by atoms with Crippen LogP contribution in [0.15, 0.2) is 53.4 Å². The van der Waals surface area contributed by atoms with Gasteiger partial charge in [-0.15, -0.1) is 11.8 Å². The van der Waals surface area contributed by atoms with Gasteiger partial charge in [0.1, 0.15) is 12.4 Å². The highest BCUT2D eigenvalue weighted by molar-refractivity contribution is 7.99. The minimum absolute atomic E-state index is 0.0341. The van der Waals surface area contributed by atoms with Gasteiger partial charge in [-0.05, 0) is 36.8 Å². The molecular weight excluding hydrogens is 436 g/mol. The van der Waals surface area contributed by atoms with Gasteiger partial charge in [0, 0.05) is 18.8 Å². The van der Waals surface area contributed by atoms with Crippen LogP contribution in [0.4, 0.5) is 0 Å². The second kappa shape index (κ2) is 11.5. The maximum absolute atomic E-state index is 12.6. The number of rotatable bonds is 10. The molecular formula is C22H28N2O5S2. The van der Waals surface area contributed by atoms with E-state index in [0.29, 0.717) is 51.0 Å². The van der Waals surface area contributed by atoms with E-state index in [-0.39, 0.29) is 10.8 Å². The average Bonchev–Trinajstić information content (AvgIpc) is 2.78. The Bertz CT molecular complexity index is 958. The van der Waals surface area contributed by atoms with Crippen molar-refractivity contribution in [3.05, 3.63) is 59.7 Å². The lowest BCUT2D eigenvalue weighted by Gasteiger charge is -2.26. The van der Waals surface area contributed by atoms with Crippen molar-refractivity contribution in [1.82, 2.24) is 9.62 Å². The minimum atomic E-state index is -3.51. The van der Waals surface area contributed by atoms with Crippen molar-refractivity contribution in [2.75, 3.05) is 45.2 Å². The summed E-state index contributed by atoms with van der Waals surface area (Å²) in [6.07, 6.45) is 0. The van der Waals surface area contributed by atoms with Crippen LogP contribution in [0, 0.1) is 6.92 Å². The van der Waals surface area contributed by atoms with Crippen LogP contribution in [0.3, 0.4) is 0 Å². The lowest BCUT2D eigenvalue weighted by molar-refractivity contribution is -0.118. The van der Waals surface area contributed by atoms with Crippen LogP contribution >= 0.6 is 11.8 Å². The van der Waals surface area contributed by atoms with Crippen LogP contribution in [0.25, 0.3) is 0 Å². The normalized spacial score (nSPS) is 14.9. The molecule has 0 unspecified atom stereocenters. The number of ether oxygens (including phenoxy) is 2. The van der Waals surface area contributed by atoms with Crippen molar-refractivity contribution in [2.45, 2.75) is 17.6 Å². The van der Waals surface area contributed by atoms with E-state index in [9.17, 15) is 13.2 Å². The largest absolute Gasteiger partial charge is 0.492 e. The highest BCUT2D eigenvalue weighted by Crippen LogP contribution is 2.20. The van der Waals surface area contributed by atoms with Crippen LogP contribution in [-0.4, -0.2) is 63.8 Å². The van der Waals surface area contributed by atoms with E-state index in [4.69, 9.17) is 9.47 Å². The first-order valence-electron chi connectivity index (χ1n) is 10.2. The van der Waals surface area contributed by atoms with Gasteiger partial charge in [0.2, 0.25) is 15.9 Å². The van der Waals surface area contributed by atoms with Gasteiger partial charge >= 0.3 is 0 Å². The molecule has 9 heteroatoms. The Kier molecular flexibility index (Phi) is 8.77. The van der Waals surface area contributed by atoms with Crippen molar-refractivity contribution >= 4 is 27.7 Å². The smallest absolute Gasteiger partial charge is 0.243 e. The van der Waals surface area contributed by atoms with Crippen molar-refractivity contribution in [3.63, 3.8) is 0 Å². The third-order valence-electron chi connectivity index (χ3n) is 4.71. The fourth-order valence-corrected chi connectivity index (χ4v) is 5.33. The van der Waals surface area contributed by atoms with E-state index in [1.165, 1.54) is 15.4 Å². The van der Waals surface area contributed by atoms with Gasteiger partial charge in [-0.3, -0.25) is 4.79 Å². The summed E-state index contributed by atoms with van der Waals surface area (Å²) >= 11 is 1.57. The van der Waals surface area contributed by atoms with Gasteiger partial charge in [0.05, 0.1) is 30.4 Å². The molecule has 1 aliphatic rings. The maximum Gasteiger partial charge on any atom is 0.243 e. The number of thioether (sulfide) groups is 1. The first kappa shape index (κ1) is 23.6. The predicted octanol–water partition coefficient (Wildman–Crippen LogP) is 2.44. The minimum Gasteiger partial charge on any atom is -0.492 e. The Morgan fingerprint density at radius 2 is 1.90 bits per heavy atom. The molecule has 0 atom stereocenters. The number of hydrogen-bond donors (Lipinski definition) is 1. The summed E-state index contributed by atoms with van der Waals surface area (Å²) in [5.41, 5.74) is 2.42. The number of sulfonamides is 1. The van der Waals surface area contributed by atoms with Gasteiger partial charge in [0.15, 0.2) is 0 Å². The van der Waals surface area contributed by atoms with Crippen molar-refractivity contribution in [2.24, 2.45) is 0 Å². The van der Waals surface area contributed by atoms with Crippen molar-refractivity contribution in [3.8, 4) is 5.75 Å². The molecule has 1 fully saturated rings. The van der Waals surface area contributed by atoms with E-state index < -0.39 is 10.0 Å². The number of nitrogens with zero attached hydrogens (tertiary/aromatic N) is 1. The summed E-state index contributed by atoms with van der Waals surface area (Å²) < 4.78 is 37.5. The van der Waals surface area contributed by atoms with Crippen molar-refractivity contribution < 1.29 is 22.7 Å². The summed E-state index contributed by atoms with van der Waals surface area (Å²) in [5.74, 6) is 1.71. The summed E-state index contributed by atoms with van der Waals surface area (Å²) in [7, 11) is -3.51. The van der Waals surface area contributed by atoms with Crippen LogP contribution in [0.1, 0.15) is 11.1 Å². The van der Waals surface area contributed by atoms with Crippen LogP contribution in [0.5, 0.6) is 5.75 Å². The molecule has 3 rings (SSSR count). The molecule has 1 N–H and O–H groups in total. The molecule has 168 valence electrons. The third-order valence-corrected chi connectivity index (χ3v) is 7.63. The molecule has 1 saturated heterocycles. The number of hydrogen-bond acceptors (Lipinski definition) is 6. The Labute approximate surface area is 188 Å². The molecule has 0 aliphatic carbocycles.